The molecule has 3 aromatic rings. The van der Waals surface area contributed by atoms with Crippen molar-refractivity contribution in [2.75, 3.05) is 6.61 Å². The van der Waals surface area contributed by atoms with E-state index in [1.165, 1.54) is 15.3 Å². The van der Waals surface area contributed by atoms with Crippen molar-refractivity contribution in [2.45, 2.75) is 39.2 Å². The Kier molecular flexibility index (Phi) is 6.41. The van der Waals surface area contributed by atoms with Gasteiger partial charge in [0.1, 0.15) is 5.75 Å². The van der Waals surface area contributed by atoms with Gasteiger partial charge in [-0.3, -0.25) is 4.79 Å². The Bertz CT molecular complexity index is 1190. The van der Waals surface area contributed by atoms with Gasteiger partial charge in [-0.2, -0.15) is 5.10 Å². The lowest BCUT2D eigenvalue weighted by molar-refractivity contribution is -0.135. The molecule has 0 spiro atoms. The second-order valence-electron chi connectivity index (χ2n) is 8.53. The third-order valence-corrected chi connectivity index (χ3v) is 8.58. The number of benzene rings is 1. The van der Waals surface area contributed by atoms with Crippen molar-refractivity contribution in [3.63, 3.8) is 0 Å². The van der Waals surface area contributed by atoms with Gasteiger partial charge in [-0.25, -0.2) is 5.01 Å². The monoisotopic (exact) mass is 496 g/mol. The van der Waals surface area contributed by atoms with Crippen molar-refractivity contribution in [1.82, 2.24) is 5.01 Å². The summed E-state index contributed by atoms with van der Waals surface area (Å²) in [6, 6.07) is 12.0. The molecule has 1 amide bonds. The molecule has 7 heteroatoms. The number of thiophene rings is 2. The number of hydrazone groups is 1. The average Bonchev–Trinajstić information content (AvgIpc) is 3.56. The predicted molar refractivity (Wildman–Crippen MR) is 137 cm³/mol. The number of carbonyl (C=O) groups excluding carboxylic acids is 1. The van der Waals surface area contributed by atoms with Crippen molar-refractivity contribution in [3.8, 4) is 5.75 Å². The molecular formula is C26H25ClN2O2S2. The number of hydrogen-bond acceptors (Lipinski definition) is 5. The fraction of sp³-hybridized carbons (Fsp3) is 0.308. The molecule has 2 aliphatic rings. The molecule has 2 aromatic heterocycles. The van der Waals surface area contributed by atoms with Crippen LogP contribution in [-0.2, 0) is 4.79 Å². The zero-order valence-electron chi connectivity index (χ0n) is 18.6. The molecule has 3 heterocycles. The van der Waals surface area contributed by atoms with E-state index in [1.807, 2.05) is 32.0 Å². The number of nitrogens with zero attached hydrogens (tertiary/aromatic N) is 2. The van der Waals surface area contributed by atoms with Gasteiger partial charge in [-0.1, -0.05) is 23.7 Å². The minimum Gasteiger partial charge on any atom is -0.484 e. The highest BCUT2D eigenvalue weighted by atomic mass is 35.5. The van der Waals surface area contributed by atoms with E-state index in [9.17, 15) is 4.79 Å². The molecule has 0 unspecified atom stereocenters. The maximum atomic E-state index is 13.4. The van der Waals surface area contributed by atoms with E-state index < -0.39 is 0 Å². The number of aryl methyl sites for hydroxylation is 2. The maximum Gasteiger partial charge on any atom is 0.281 e. The van der Waals surface area contributed by atoms with Crippen LogP contribution >= 0.6 is 34.3 Å². The van der Waals surface area contributed by atoms with E-state index in [0.717, 1.165) is 41.1 Å². The highest BCUT2D eigenvalue weighted by Gasteiger charge is 2.44. The lowest BCUT2D eigenvalue weighted by atomic mass is 9.79. The zero-order valence-corrected chi connectivity index (χ0v) is 21.0. The Morgan fingerprint density at radius 2 is 1.97 bits per heavy atom. The minimum atomic E-state index is -0.129. The Morgan fingerprint density at radius 3 is 2.67 bits per heavy atom. The second kappa shape index (κ2) is 9.45. The minimum absolute atomic E-state index is 0.0597. The Hall–Kier alpha value is -2.41. The number of halogens is 1. The van der Waals surface area contributed by atoms with E-state index in [1.54, 1.807) is 27.7 Å². The summed E-state index contributed by atoms with van der Waals surface area (Å²) in [4.78, 5) is 15.8. The van der Waals surface area contributed by atoms with Gasteiger partial charge >= 0.3 is 0 Å². The zero-order chi connectivity index (χ0) is 22.9. The van der Waals surface area contributed by atoms with Crippen LogP contribution in [0.25, 0.3) is 6.08 Å². The molecule has 1 aromatic carbocycles. The summed E-state index contributed by atoms with van der Waals surface area (Å²) in [7, 11) is 0. The molecule has 2 atom stereocenters. The molecule has 1 fully saturated rings. The number of rotatable bonds is 5. The molecule has 0 N–H and O–H groups in total. The first-order valence-corrected chi connectivity index (χ1v) is 13.2. The quantitative estimate of drug-likeness (QED) is 0.372. The summed E-state index contributed by atoms with van der Waals surface area (Å²) in [5.41, 5.74) is 4.17. The van der Waals surface area contributed by atoms with Gasteiger partial charge in [0.2, 0.25) is 0 Å². The smallest absolute Gasteiger partial charge is 0.281 e. The van der Waals surface area contributed by atoms with E-state index in [2.05, 4.69) is 35.0 Å². The topological polar surface area (TPSA) is 41.9 Å². The molecule has 1 aliphatic heterocycles. The normalized spacial score (nSPS) is 21.2. The van der Waals surface area contributed by atoms with E-state index in [0.29, 0.717) is 5.75 Å². The van der Waals surface area contributed by atoms with Crippen LogP contribution in [0.2, 0.25) is 5.02 Å². The van der Waals surface area contributed by atoms with Crippen LogP contribution in [0.5, 0.6) is 5.75 Å². The van der Waals surface area contributed by atoms with Crippen LogP contribution in [0.1, 0.15) is 46.2 Å². The largest absolute Gasteiger partial charge is 0.484 e. The van der Waals surface area contributed by atoms with Crippen molar-refractivity contribution in [1.29, 1.82) is 0 Å². The Labute approximate surface area is 207 Å². The van der Waals surface area contributed by atoms with Crippen LogP contribution < -0.4 is 4.74 Å². The number of allylic oxidation sites excluding steroid dienone is 1. The highest BCUT2D eigenvalue weighted by molar-refractivity contribution is 7.11. The molecular weight excluding hydrogens is 472 g/mol. The van der Waals surface area contributed by atoms with Crippen LogP contribution in [0.4, 0.5) is 0 Å². The molecule has 0 radical (unpaired) electrons. The van der Waals surface area contributed by atoms with Crippen LogP contribution in [0.15, 0.2) is 57.8 Å². The summed E-state index contributed by atoms with van der Waals surface area (Å²) in [6.45, 7) is 3.82. The van der Waals surface area contributed by atoms with Crippen LogP contribution in [0, 0.1) is 19.8 Å². The van der Waals surface area contributed by atoms with E-state index in [4.69, 9.17) is 21.4 Å². The number of amides is 1. The standard InChI is InChI=1S/C26H25ClN2O2S2/c1-16-12-19(13-17(2)24(16)27)31-15-23(30)29-26(22-9-5-11-33-22)21-8-3-6-18(25(21)28-29)14-20-7-4-10-32-20/h4-5,7,9-14,21,26H,3,6,8,15H2,1-2H3/b18-14+/t21-,26+/m0/s1. The first-order valence-electron chi connectivity index (χ1n) is 11.1. The number of carbonyl (C=O) groups is 1. The third kappa shape index (κ3) is 4.52. The summed E-state index contributed by atoms with van der Waals surface area (Å²) >= 11 is 9.68. The lowest BCUT2D eigenvalue weighted by Gasteiger charge is -2.28. The molecule has 4 nitrogen and oxygen atoms in total. The number of fused-ring (bicyclic) bond motifs is 1. The van der Waals surface area contributed by atoms with Gasteiger partial charge in [-0.15, -0.1) is 22.7 Å². The van der Waals surface area contributed by atoms with Gasteiger partial charge in [0.05, 0.1) is 11.8 Å². The van der Waals surface area contributed by atoms with Gasteiger partial charge in [-0.05, 0) is 90.9 Å². The molecule has 1 aliphatic carbocycles. The fourth-order valence-corrected chi connectivity index (χ4v) is 6.36. The average molecular weight is 497 g/mol. The van der Waals surface area contributed by atoms with Crippen molar-refractivity contribution < 1.29 is 9.53 Å². The fourth-order valence-electron chi connectivity index (χ4n) is 4.69. The maximum absolute atomic E-state index is 13.4. The summed E-state index contributed by atoms with van der Waals surface area (Å²) in [5.74, 6) is 0.738. The van der Waals surface area contributed by atoms with Crippen molar-refractivity contribution >= 4 is 52.0 Å². The summed E-state index contributed by atoms with van der Waals surface area (Å²) < 4.78 is 5.90. The summed E-state index contributed by atoms with van der Waals surface area (Å²) in [6.07, 6.45) is 5.37. The lowest BCUT2D eigenvalue weighted by Crippen LogP contribution is -2.34. The summed E-state index contributed by atoms with van der Waals surface area (Å²) in [5, 5.41) is 11.5. The van der Waals surface area contributed by atoms with Gasteiger partial charge < -0.3 is 4.74 Å². The molecule has 0 bridgehead atoms. The van der Waals surface area contributed by atoms with Gasteiger partial charge in [0, 0.05) is 20.7 Å². The van der Waals surface area contributed by atoms with Crippen LogP contribution in [-0.4, -0.2) is 23.2 Å². The first-order chi connectivity index (χ1) is 16.0. The SMILES string of the molecule is Cc1cc(OCC(=O)N2N=C3/C(=C/c4cccs4)CCC[C@@H]3[C@@H]2c2cccs2)cc(C)c1Cl. The highest BCUT2D eigenvalue weighted by Crippen LogP contribution is 2.45. The Morgan fingerprint density at radius 1 is 1.21 bits per heavy atom. The van der Waals surface area contributed by atoms with E-state index in [-0.39, 0.29) is 24.5 Å². The van der Waals surface area contributed by atoms with E-state index >= 15 is 0 Å². The second-order valence-corrected chi connectivity index (χ2v) is 10.9. The molecule has 5 rings (SSSR count). The molecule has 33 heavy (non-hydrogen) atoms. The predicted octanol–water partition coefficient (Wildman–Crippen LogP) is 7.28. The van der Waals surface area contributed by atoms with Crippen LogP contribution in [0.3, 0.4) is 0 Å². The van der Waals surface area contributed by atoms with Gasteiger partial charge in [0.25, 0.3) is 5.91 Å². The molecule has 170 valence electrons. The Balaban J connectivity index is 1.42. The number of ether oxygens (including phenoxy) is 1. The first kappa shape index (κ1) is 22.4. The molecule has 0 saturated heterocycles. The third-order valence-electron chi connectivity index (χ3n) is 6.22. The van der Waals surface area contributed by atoms with Crippen molar-refractivity contribution in [2.24, 2.45) is 11.0 Å². The molecule has 1 saturated carbocycles. The van der Waals surface area contributed by atoms with Gasteiger partial charge in [0.15, 0.2) is 6.61 Å². The van der Waals surface area contributed by atoms with Crippen molar-refractivity contribution in [3.05, 3.63) is 78.6 Å². The number of hydrogen-bond donors (Lipinski definition) is 0.